The maximum Gasteiger partial charge on any atom is 0.222 e. The van der Waals surface area contributed by atoms with Crippen molar-refractivity contribution >= 4 is 5.91 Å². The number of amides is 1. The second kappa shape index (κ2) is 6.23. The minimum atomic E-state index is 0.0897. The molecule has 2 aliphatic rings. The number of nitrogens with one attached hydrogen (secondary N) is 2. The smallest absolute Gasteiger partial charge is 0.222 e. The second-order valence-corrected chi connectivity index (χ2v) is 6.97. The number of carbonyl (C=O) groups excluding carboxylic acids is 1. The first-order valence-electron chi connectivity index (χ1n) is 7.72. The van der Waals surface area contributed by atoms with Gasteiger partial charge in [0.05, 0.1) is 0 Å². The van der Waals surface area contributed by atoms with Gasteiger partial charge in [0.2, 0.25) is 5.91 Å². The quantitative estimate of drug-likeness (QED) is 0.805. The topological polar surface area (TPSA) is 44.4 Å². The standard InChI is InChI=1S/C15H29N3O/c1-12(2)14(19)17-13-5-4-8-18(9-13)11-15(3)6-7-16-10-15/h12-13,16H,4-11H2,1-3H3,(H,17,19). The largest absolute Gasteiger partial charge is 0.352 e. The molecule has 0 saturated carbocycles. The zero-order valence-electron chi connectivity index (χ0n) is 12.7. The molecule has 19 heavy (non-hydrogen) atoms. The van der Waals surface area contributed by atoms with Gasteiger partial charge in [-0.05, 0) is 37.8 Å². The highest BCUT2D eigenvalue weighted by Crippen LogP contribution is 2.27. The Kier molecular flexibility index (Phi) is 4.85. The summed E-state index contributed by atoms with van der Waals surface area (Å²) >= 11 is 0. The van der Waals surface area contributed by atoms with Crippen molar-refractivity contribution in [3.8, 4) is 0 Å². The first-order chi connectivity index (χ1) is 8.98. The summed E-state index contributed by atoms with van der Waals surface area (Å²) in [7, 11) is 0. The van der Waals surface area contributed by atoms with Crippen LogP contribution in [0.4, 0.5) is 0 Å². The first-order valence-corrected chi connectivity index (χ1v) is 7.72. The highest BCUT2D eigenvalue weighted by Gasteiger charge is 2.32. The minimum Gasteiger partial charge on any atom is -0.352 e. The normalized spacial score (nSPS) is 32.7. The van der Waals surface area contributed by atoms with Crippen LogP contribution in [0.5, 0.6) is 0 Å². The number of nitrogens with zero attached hydrogens (tertiary/aromatic N) is 1. The third kappa shape index (κ3) is 4.18. The van der Waals surface area contributed by atoms with Crippen LogP contribution < -0.4 is 10.6 Å². The van der Waals surface area contributed by atoms with Crippen LogP contribution in [-0.4, -0.2) is 49.6 Å². The van der Waals surface area contributed by atoms with Crippen LogP contribution >= 0.6 is 0 Å². The van der Waals surface area contributed by atoms with Gasteiger partial charge in [-0.1, -0.05) is 20.8 Å². The van der Waals surface area contributed by atoms with Gasteiger partial charge in [-0.2, -0.15) is 0 Å². The highest BCUT2D eigenvalue weighted by molar-refractivity contribution is 5.78. The van der Waals surface area contributed by atoms with Crippen molar-refractivity contribution in [3.05, 3.63) is 0 Å². The van der Waals surface area contributed by atoms with Crippen molar-refractivity contribution in [1.82, 2.24) is 15.5 Å². The van der Waals surface area contributed by atoms with Crippen molar-refractivity contribution < 1.29 is 4.79 Å². The summed E-state index contributed by atoms with van der Waals surface area (Å²) in [6, 6.07) is 0.349. The summed E-state index contributed by atoms with van der Waals surface area (Å²) in [6.45, 7) is 11.9. The van der Waals surface area contributed by atoms with Crippen molar-refractivity contribution in [2.24, 2.45) is 11.3 Å². The molecule has 4 nitrogen and oxygen atoms in total. The van der Waals surface area contributed by atoms with E-state index >= 15 is 0 Å². The number of rotatable bonds is 4. The summed E-state index contributed by atoms with van der Waals surface area (Å²) in [4.78, 5) is 14.3. The molecule has 0 bridgehead atoms. The van der Waals surface area contributed by atoms with E-state index < -0.39 is 0 Å². The fourth-order valence-corrected chi connectivity index (χ4v) is 3.23. The van der Waals surface area contributed by atoms with Crippen molar-refractivity contribution in [2.45, 2.75) is 46.1 Å². The Balaban J connectivity index is 1.81. The molecule has 0 aromatic rings. The molecule has 0 aromatic carbocycles. The van der Waals surface area contributed by atoms with Crippen LogP contribution in [0.1, 0.15) is 40.0 Å². The van der Waals surface area contributed by atoms with E-state index in [1.54, 1.807) is 0 Å². The molecule has 0 aliphatic carbocycles. The zero-order valence-corrected chi connectivity index (χ0v) is 12.7. The molecule has 2 rings (SSSR count). The molecule has 2 unspecified atom stereocenters. The van der Waals surface area contributed by atoms with Gasteiger partial charge in [-0.25, -0.2) is 0 Å². The maximum absolute atomic E-state index is 11.8. The third-order valence-electron chi connectivity index (χ3n) is 4.44. The second-order valence-electron chi connectivity index (χ2n) is 6.97. The molecular formula is C15H29N3O. The van der Waals surface area contributed by atoms with E-state index in [0.29, 0.717) is 11.5 Å². The van der Waals surface area contributed by atoms with Gasteiger partial charge < -0.3 is 15.5 Å². The van der Waals surface area contributed by atoms with Crippen molar-refractivity contribution in [1.29, 1.82) is 0 Å². The monoisotopic (exact) mass is 267 g/mol. The van der Waals surface area contributed by atoms with Gasteiger partial charge in [-0.15, -0.1) is 0 Å². The molecule has 2 aliphatic heterocycles. The maximum atomic E-state index is 11.8. The van der Waals surface area contributed by atoms with Gasteiger partial charge in [0, 0.05) is 31.6 Å². The van der Waals surface area contributed by atoms with E-state index in [1.807, 2.05) is 13.8 Å². The fourth-order valence-electron chi connectivity index (χ4n) is 3.23. The van der Waals surface area contributed by atoms with E-state index in [4.69, 9.17) is 0 Å². The lowest BCUT2D eigenvalue weighted by Crippen LogP contribution is -2.51. The summed E-state index contributed by atoms with van der Waals surface area (Å²) in [6.07, 6.45) is 3.60. The van der Waals surface area contributed by atoms with Gasteiger partial charge in [0.25, 0.3) is 0 Å². The van der Waals surface area contributed by atoms with Crippen LogP contribution in [0.15, 0.2) is 0 Å². The molecule has 0 radical (unpaired) electrons. The Hall–Kier alpha value is -0.610. The average Bonchev–Trinajstić information content (AvgIpc) is 2.76. The molecule has 2 atom stereocenters. The number of piperidine rings is 1. The zero-order chi connectivity index (χ0) is 13.9. The summed E-state index contributed by atoms with van der Waals surface area (Å²) in [5.74, 6) is 0.285. The molecule has 2 fully saturated rings. The Morgan fingerprint density at radius 1 is 1.53 bits per heavy atom. The van der Waals surface area contributed by atoms with Crippen LogP contribution in [-0.2, 0) is 4.79 Å². The van der Waals surface area contributed by atoms with Crippen LogP contribution in [0.25, 0.3) is 0 Å². The van der Waals surface area contributed by atoms with E-state index in [2.05, 4.69) is 22.5 Å². The molecule has 2 saturated heterocycles. The highest BCUT2D eigenvalue weighted by atomic mass is 16.1. The minimum absolute atomic E-state index is 0.0897. The lowest BCUT2D eigenvalue weighted by Gasteiger charge is -2.38. The fraction of sp³-hybridized carbons (Fsp3) is 0.933. The first kappa shape index (κ1) is 14.8. The predicted octanol–water partition coefficient (Wildman–Crippen LogP) is 1.22. The van der Waals surface area contributed by atoms with E-state index in [9.17, 15) is 4.79 Å². The lowest BCUT2D eigenvalue weighted by molar-refractivity contribution is -0.125. The Bertz CT molecular complexity index is 311. The molecule has 0 spiro atoms. The summed E-state index contributed by atoms with van der Waals surface area (Å²) < 4.78 is 0. The number of likely N-dealkylation sites (tertiary alicyclic amines) is 1. The molecule has 2 heterocycles. The molecule has 110 valence electrons. The average molecular weight is 267 g/mol. The lowest BCUT2D eigenvalue weighted by atomic mass is 9.88. The van der Waals surface area contributed by atoms with E-state index in [1.165, 1.54) is 19.4 Å². The van der Waals surface area contributed by atoms with E-state index in [0.717, 1.165) is 32.6 Å². The summed E-state index contributed by atoms with van der Waals surface area (Å²) in [5, 5.41) is 6.65. The number of carbonyl (C=O) groups is 1. The van der Waals surface area contributed by atoms with E-state index in [-0.39, 0.29) is 11.8 Å². The van der Waals surface area contributed by atoms with Crippen molar-refractivity contribution in [2.75, 3.05) is 32.7 Å². The number of hydrogen-bond acceptors (Lipinski definition) is 3. The van der Waals surface area contributed by atoms with Gasteiger partial charge in [0.15, 0.2) is 0 Å². The molecular weight excluding hydrogens is 238 g/mol. The van der Waals surface area contributed by atoms with Crippen LogP contribution in [0.2, 0.25) is 0 Å². The SMILES string of the molecule is CC(C)C(=O)NC1CCCN(CC2(C)CCNC2)C1. The Labute approximate surface area is 117 Å². The van der Waals surface area contributed by atoms with Gasteiger partial charge >= 0.3 is 0 Å². The Morgan fingerprint density at radius 3 is 2.95 bits per heavy atom. The molecule has 0 aromatic heterocycles. The molecule has 2 N–H and O–H groups in total. The van der Waals surface area contributed by atoms with Gasteiger partial charge in [-0.3, -0.25) is 4.79 Å². The number of hydrogen-bond donors (Lipinski definition) is 2. The van der Waals surface area contributed by atoms with Gasteiger partial charge in [0.1, 0.15) is 0 Å². The Morgan fingerprint density at radius 2 is 2.32 bits per heavy atom. The molecule has 4 heteroatoms. The van der Waals surface area contributed by atoms with Crippen LogP contribution in [0.3, 0.4) is 0 Å². The van der Waals surface area contributed by atoms with Crippen molar-refractivity contribution in [3.63, 3.8) is 0 Å². The van der Waals surface area contributed by atoms with Crippen LogP contribution in [0, 0.1) is 11.3 Å². The summed E-state index contributed by atoms with van der Waals surface area (Å²) in [5.41, 5.74) is 0.421. The third-order valence-corrected chi connectivity index (χ3v) is 4.44. The molecule has 1 amide bonds. The predicted molar refractivity (Wildman–Crippen MR) is 78.0 cm³/mol.